The fourth-order valence-corrected chi connectivity index (χ4v) is 3.58. The summed E-state index contributed by atoms with van der Waals surface area (Å²) in [4.78, 5) is 26.1. The van der Waals surface area contributed by atoms with Gasteiger partial charge in [0, 0.05) is 19.3 Å². The molecule has 1 aromatic carbocycles. The first kappa shape index (κ1) is 15.9. The fraction of sp³-hybridized carbons (Fsp3) is 0.444. The topological polar surface area (TPSA) is 61.8 Å². The second kappa shape index (κ2) is 6.26. The first-order chi connectivity index (χ1) is 11.1. The number of carbonyl (C=O) groups excluding carboxylic acids is 2. The van der Waals surface area contributed by atoms with Crippen molar-refractivity contribution < 1.29 is 23.8 Å². The van der Waals surface area contributed by atoms with Crippen molar-refractivity contribution in [3.8, 4) is 5.75 Å². The van der Waals surface area contributed by atoms with E-state index in [0.717, 1.165) is 0 Å². The van der Waals surface area contributed by atoms with Crippen LogP contribution in [0.3, 0.4) is 0 Å². The predicted octanol–water partition coefficient (Wildman–Crippen LogP) is 2.30. The number of benzene rings is 1. The first-order valence-corrected chi connectivity index (χ1v) is 7.72. The van der Waals surface area contributed by atoms with Gasteiger partial charge in [-0.05, 0) is 13.0 Å². The highest BCUT2D eigenvalue weighted by atomic mass is 16.5. The van der Waals surface area contributed by atoms with Gasteiger partial charge in [0.1, 0.15) is 5.75 Å². The molecule has 122 valence electrons. The van der Waals surface area contributed by atoms with Gasteiger partial charge in [-0.1, -0.05) is 24.3 Å². The lowest BCUT2D eigenvalue weighted by atomic mass is 9.67. The van der Waals surface area contributed by atoms with E-state index < -0.39 is 24.0 Å². The zero-order valence-electron chi connectivity index (χ0n) is 13.4. The van der Waals surface area contributed by atoms with Gasteiger partial charge in [-0.25, -0.2) is 0 Å². The number of carbonyl (C=O) groups is 2. The van der Waals surface area contributed by atoms with Crippen molar-refractivity contribution in [3.63, 3.8) is 0 Å². The van der Waals surface area contributed by atoms with Crippen molar-refractivity contribution >= 4 is 11.6 Å². The number of ether oxygens (including phenoxy) is 3. The molecule has 0 spiro atoms. The molecule has 0 heterocycles. The molecular formula is C18H20O5. The molecule has 0 unspecified atom stereocenters. The van der Waals surface area contributed by atoms with Gasteiger partial charge in [0.05, 0.1) is 36.7 Å². The summed E-state index contributed by atoms with van der Waals surface area (Å²) in [6, 6.07) is 5.10. The Labute approximate surface area is 135 Å². The van der Waals surface area contributed by atoms with Crippen molar-refractivity contribution in [2.75, 3.05) is 20.8 Å². The van der Waals surface area contributed by atoms with Gasteiger partial charge in [-0.3, -0.25) is 9.59 Å². The Hall–Kier alpha value is -1.98. The molecule has 0 aromatic heterocycles. The molecule has 1 aromatic rings. The molecule has 0 N–H and O–H groups in total. The summed E-state index contributed by atoms with van der Waals surface area (Å²) in [6.07, 6.45) is 2.79. The van der Waals surface area contributed by atoms with Crippen LogP contribution in [-0.2, 0) is 9.47 Å². The van der Waals surface area contributed by atoms with Crippen LogP contribution >= 0.6 is 0 Å². The maximum atomic E-state index is 13.1. The number of hydrogen-bond acceptors (Lipinski definition) is 5. The number of ketones is 2. The normalized spacial score (nSPS) is 29.2. The van der Waals surface area contributed by atoms with E-state index in [9.17, 15) is 9.59 Å². The molecule has 3 rings (SSSR count). The lowest BCUT2D eigenvalue weighted by Gasteiger charge is -2.40. The molecule has 0 radical (unpaired) electrons. The quantitative estimate of drug-likeness (QED) is 0.798. The number of methoxy groups -OCH3 is 2. The Morgan fingerprint density at radius 2 is 1.70 bits per heavy atom. The number of Topliss-reactive ketones (excluding diaryl/α,β-unsaturated/α-hetero) is 2. The zero-order chi connectivity index (χ0) is 16.6. The highest BCUT2D eigenvalue weighted by Gasteiger charge is 2.51. The summed E-state index contributed by atoms with van der Waals surface area (Å²) < 4.78 is 16.4. The third-order valence-electron chi connectivity index (χ3n) is 4.58. The molecule has 5 heteroatoms. The molecule has 4 atom stereocenters. The van der Waals surface area contributed by atoms with Crippen LogP contribution in [-0.4, -0.2) is 44.6 Å². The third-order valence-corrected chi connectivity index (χ3v) is 4.58. The van der Waals surface area contributed by atoms with E-state index in [1.807, 2.05) is 19.1 Å². The molecule has 23 heavy (non-hydrogen) atoms. The van der Waals surface area contributed by atoms with Crippen molar-refractivity contribution in [2.45, 2.75) is 19.1 Å². The molecule has 2 aliphatic rings. The zero-order valence-corrected chi connectivity index (χ0v) is 13.4. The van der Waals surface area contributed by atoms with Gasteiger partial charge in [-0.2, -0.15) is 0 Å². The fourth-order valence-electron chi connectivity index (χ4n) is 3.58. The van der Waals surface area contributed by atoms with Crippen LogP contribution < -0.4 is 4.74 Å². The van der Waals surface area contributed by atoms with Crippen LogP contribution in [0.4, 0.5) is 0 Å². The Morgan fingerprint density at radius 3 is 2.35 bits per heavy atom. The molecule has 2 aliphatic carbocycles. The first-order valence-electron chi connectivity index (χ1n) is 7.72. The summed E-state index contributed by atoms with van der Waals surface area (Å²) in [7, 11) is 3.04. The van der Waals surface area contributed by atoms with Crippen LogP contribution in [0.2, 0.25) is 0 Å². The van der Waals surface area contributed by atoms with Gasteiger partial charge < -0.3 is 14.2 Å². The van der Waals surface area contributed by atoms with Gasteiger partial charge in [0.2, 0.25) is 0 Å². The van der Waals surface area contributed by atoms with Gasteiger partial charge in [0.25, 0.3) is 0 Å². The monoisotopic (exact) mass is 316 g/mol. The minimum Gasteiger partial charge on any atom is -0.496 e. The van der Waals surface area contributed by atoms with Crippen LogP contribution in [0, 0.1) is 11.8 Å². The average molecular weight is 316 g/mol. The maximum absolute atomic E-state index is 13.1. The summed E-state index contributed by atoms with van der Waals surface area (Å²) in [5.74, 6) is -0.928. The number of rotatable bonds is 4. The molecular weight excluding hydrogens is 296 g/mol. The highest BCUT2D eigenvalue weighted by molar-refractivity contribution is 6.18. The van der Waals surface area contributed by atoms with E-state index >= 15 is 0 Å². The summed E-state index contributed by atoms with van der Waals surface area (Å²) in [6.45, 7) is 2.35. The molecule has 0 saturated carbocycles. The average Bonchev–Trinajstić information content (AvgIpc) is 2.58. The minimum absolute atomic E-state index is 0.0895. The van der Waals surface area contributed by atoms with E-state index in [1.54, 1.807) is 25.3 Å². The molecule has 0 amide bonds. The minimum atomic E-state index is -0.585. The van der Waals surface area contributed by atoms with Crippen LogP contribution in [0.25, 0.3) is 0 Å². The van der Waals surface area contributed by atoms with E-state index in [0.29, 0.717) is 23.5 Å². The Kier molecular flexibility index (Phi) is 4.33. The van der Waals surface area contributed by atoms with E-state index in [4.69, 9.17) is 14.2 Å². The van der Waals surface area contributed by atoms with Gasteiger partial charge >= 0.3 is 0 Å². The van der Waals surface area contributed by atoms with E-state index in [2.05, 4.69) is 0 Å². The SMILES string of the molecule is CCO[C@H]1C=C[C@H](OC)[C@H]2C(=O)c3c(OC)cccc3C(=O)[C@H]21. The molecule has 0 saturated heterocycles. The second-order valence-electron chi connectivity index (χ2n) is 5.67. The van der Waals surface area contributed by atoms with Gasteiger partial charge in [-0.15, -0.1) is 0 Å². The molecule has 0 bridgehead atoms. The van der Waals surface area contributed by atoms with Crippen LogP contribution in [0.1, 0.15) is 27.6 Å². The largest absolute Gasteiger partial charge is 0.496 e. The standard InChI is InChI=1S/C18H20O5/c1-4-23-13-9-8-12(22-3)15-16(13)17(19)10-6-5-7-11(21-2)14(10)18(15)20/h5-9,12-13,15-16H,4H2,1-3H3/t12-,13-,15+,16-/m0/s1. The van der Waals surface area contributed by atoms with E-state index in [-0.39, 0.29) is 11.6 Å². The lowest BCUT2D eigenvalue weighted by Crippen LogP contribution is -2.50. The van der Waals surface area contributed by atoms with Gasteiger partial charge in [0.15, 0.2) is 11.6 Å². The predicted molar refractivity (Wildman–Crippen MR) is 84.0 cm³/mol. The van der Waals surface area contributed by atoms with Crippen LogP contribution in [0.5, 0.6) is 5.75 Å². The second-order valence-corrected chi connectivity index (χ2v) is 5.67. The van der Waals surface area contributed by atoms with Crippen molar-refractivity contribution in [1.29, 1.82) is 0 Å². The van der Waals surface area contributed by atoms with Crippen LogP contribution in [0.15, 0.2) is 30.4 Å². The van der Waals surface area contributed by atoms with E-state index in [1.165, 1.54) is 7.11 Å². The molecule has 5 nitrogen and oxygen atoms in total. The Balaban J connectivity index is 2.15. The lowest BCUT2D eigenvalue weighted by molar-refractivity contribution is -0.0112. The van der Waals surface area contributed by atoms with Crippen molar-refractivity contribution in [1.82, 2.24) is 0 Å². The smallest absolute Gasteiger partial charge is 0.174 e. The summed E-state index contributed by atoms with van der Waals surface area (Å²) in [5, 5.41) is 0. The Morgan fingerprint density at radius 1 is 1.00 bits per heavy atom. The van der Waals surface area contributed by atoms with Crippen molar-refractivity contribution in [3.05, 3.63) is 41.5 Å². The summed E-state index contributed by atoms with van der Waals surface area (Å²) >= 11 is 0. The number of fused-ring (bicyclic) bond motifs is 2. The molecule has 0 aliphatic heterocycles. The number of hydrogen-bond donors (Lipinski definition) is 0. The Bertz CT molecular complexity index is 663. The van der Waals surface area contributed by atoms with Crippen molar-refractivity contribution in [2.24, 2.45) is 11.8 Å². The third kappa shape index (κ3) is 2.40. The summed E-state index contributed by atoms with van der Waals surface area (Å²) in [5.41, 5.74) is 0.763. The maximum Gasteiger partial charge on any atom is 0.174 e. The molecule has 0 fully saturated rings. The highest BCUT2D eigenvalue weighted by Crippen LogP contribution is 2.42.